The van der Waals surface area contributed by atoms with Crippen molar-refractivity contribution in [2.45, 2.75) is 26.1 Å². The van der Waals surface area contributed by atoms with E-state index in [2.05, 4.69) is 42.1 Å². The van der Waals surface area contributed by atoms with E-state index in [1.54, 1.807) is 0 Å². The molecule has 0 aliphatic rings. The highest BCUT2D eigenvalue weighted by molar-refractivity contribution is 5.37. The molecular weight excluding hydrogens is 334 g/mol. The largest absolute Gasteiger partial charge is 0.489 e. The van der Waals surface area contributed by atoms with E-state index in [-0.39, 0.29) is 6.04 Å². The standard InChI is InChI=1S/C23H23N3O/c1-18(23-12-5-6-13-25-23)26(2)16-19-8-7-11-22(14-19)27-17-21-10-4-3-9-20(21)15-24/h3-14,18H,16-17H2,1-2H3/t18-/m1/s1. The Kier molecular flexibility index (Phi) is 6.19. The molecule has 0 saturated carbocycles. The first-order valence-electron chi connectivity index (χ1n) is 8.98. The summed E-state index contributed by atoms with van der Waals surface area (Å²) >= 11 is 0. The zero-order chi connectivity index (χ0) is 19.1. The van der Waals surface area contributed by atoms with Crippen molar-refractivity contribution in [2.24, 2.45) is 0 Å². The van der Waals surface area contributed by atoms with Gasteiger partial charge in [-0.2, -0.15) is 5.26 Å². The van der Waals surface area contributed by atoms with Crippen molar-refractivity contribution in [1.29, 1.82) is 5.26 Å². The van der Waals surface area contributed by atoms with Crippen molar-refractivity contribution in [3.63, 3.8) is 0 Å². The molecule has 4 heteroatoms. The molecule has 0 bridgehead atoms. The molecule has 0 unspecified atom stereocenters. The molecule has 0 N–H and O–H groups in total. The number of hydrogen-bond donors (Lipinski definition) is 0. The van der Waals surface area contributed by atoms with Gasteiger partial charge in [-0.15, -0.1) is 0 Å². The van der Waals surface area contributed by atoms with Crippen LogP contribution in [0.5, 0.6) is 5.75 Å². The second-order valence-corrected chi connectivity index (χ2v) is 6.55. The van der Waals surface area contributed by atoms with Crippen LogP contribution in [0, 0.1) is 11.3 Å². The van der Waals surface area contributed by atoms with Gasteiger partial charge in [0.15, 0.2) is 0 Å². The van der Waals surface area contributed by atoms with Gasteiger partial charge in [-0.3, -0.25) is 9.88 Å². The van der Waals surface area contributed by atoms with Gasteiger partial charge in [-0.25, -0.2) is 0 Å². The van der Waals surface area contributed by atoms with Crippen LogP contribution >= 0.6 is 0 Å². The van der Waals surface area contributed by atoms with Crippen LogP contribution < -0.4 is 4.74 Å². The minimum atomic E-state index is 0.221. The maximum atomic E-state index is 9.19. The summed E-state index contributed by atoms with van der Waals surface area (Å²) in [5.74, 6) is 0.805. The van der Waals surface area contributed by atoms with E-state index in [0.717, 1.165) is 23.6 Å². The third-order valence-electron chi connectivity index (χ3n) is 4.64. The molecule has 3 rings (SSSR count). The molecule has 4 nitrogen and oxygen atoms in total. The van der Waals surface area contributed by atoms with Crippen LogP contribution in [0.15, 0.2) is 72.9 Å². The number of nitriles is 1. The molecule has 2 aromatic carbocycles. The predicted molar refractivity (Wildman–Crippen MR) is 106 cm³/mol. The molecule has 0 radical (unpaired) electrons. The highest BCUT2D eigenvalue weighted by atomic mass is 16.5. The van der Waals surface area contributed by atoms with Crippen LogP contribution in [-0.2, 0) is 13.2 Å². The number of pyridine rings is 1. The lowest BCUT2D eigenvalue weighted by Gasteiger charge is -2.24. The molecule has 136 valence electrons. The monoisotopic (exact) mass is 357 g/mol. The molecule has 0 spiro atoms. The molecule has 0 fully saturated rings. The Morgan fingerprint density at radius 2 is 1.89 bits per heavy atom. The Morgan fingerprint density at radius 3 is 2.67 bits per heavy atom. The van der Waals surface area contributed by atoms with E-state index in [0.29, 0.717) is 12.2 Å². The second kappa shape index (κ2) is 8.98. The molecule has 1 atom stereocenters. The van der Waals surface area contributed by atoms with Crippen LogP contribution in [0.2, 0.25) is 0 Å². The van der Waals surface area contributed by atoms with Gasteiger partial charge in [-0.05, 0) is 49.9 Å². The zero-order valence-corrected chi connectivity index (χ0v) is 15.7. The third-order valence-corrected chi connectivity index (χ3v) is 4.64. The summed E-state index contributed by atoms with van der Waals surface area (Å²) < 4.78 is 5.92. The summed E-state index contributed by atoms with van der Waals surface area (Å²) in [6.45, 7) is 3.33. The average Bonchev–Trinajstić information content (AvgIpc) is 2.72. The van der Waals surface area contributed by atoms with Gasteiger partial charge in [0.2, 0.25) is 0 Å². The molecular formula is C23H23N3O. The Labute approximate surface area is 160 Å². The van der Waals surface area contributed by atoms with Gasteiger partial charge in [0.1, 0.15) is 12.4 Å². The number of hydrogen-bond acceptors (Lipinski definition) is 4. The van der Waals surface area contributed by atoms with E-state index in [4.69, 9.17) is 4.74 Å². The summed E-state index contributed by atoms with van der Waals surface area (Å²) in [7, 11) is 2.09. The smallest absolute Gasteiger partial charge is 0.120 e. The number of nitrogens with zero attached hydrogens (tertiary/aromatic N) is 3. The summed E-state index contributed by atoms with van der Waals surface area (Å²) in [5, 5.41) is 9.19. The maximum absolute atomic E-state index is 9.19. The van der Waals surface area contributed by atoms with Gasteiger partial charge in [-0.1, -0.05) is 36.4 Å². The third kappa shape index (κ3) is 4.93. The highest BCUT2D eigenvalue weighted by Crippen LogP contribution is 2.21. The number of ether oxygens (including phenoxy) is 1. The highest BCUT2D eigenvalue weighted by Gasteiger charge is 2.13. The van der Waals surface area contributed by atoms with Gasteiger partial charge >= 0.3 is 0 Å². The Morgan fingerprint density at radius 1 is 1.07 bits per heavy atom. The lowest BCUT2D eigenvalue weighted by Crippen LogP contribution is -2.22. The van der Waals surface area contributed by atoms with Crippen LogP contribution in [0.1, 0.15) is 35.3 Å². The number of benzene rings is 2. The lowest BCUT2D eigenvalue weighted by atomic mass is 10.1. The summed E-state index contributed by atoms with van der Waals surface area (Å²) in [4.78, 5) is 6.70. The fourth-order valence-electron chi connectivity index (χ4n) is 2.92. The van der Waals surface area contributed by atoms with Crippen LogP contribution in [0.4, 0.5) is 0 Å². The maximum Gasteiger partial charge on any atom is 0.120 e. The van der Waals surface area contributed by atoms with Crippen molar-refractivity contribution in [3.05, 3.63) is 95.3 Å². The van der Waals surface area contributed by atoms with Gasteiger partial charge in [0, 0.05) is 24.3 Å². The van der Waals surface area contributed by atoms with Crippen molar-refractivity contribution in [2.75, 3.05) is 7.05 Å². The first kappa shape index (κ1) is 18.6. The topological polar surface area (TPSA) is 49.2 Å². The SMILES string of the molecule is C[C@H](c1ccccn1)N(C)Cc1cccc(OCc2ccccc2C#N)c1. The van der Waals surface area contributed by atoms with Crippen molar-refractivity contribution in [1.82, 2.24) is 9.88 Å². The van der Waals surface area contributed by atoms with Crippen LogP contribution in [0.3, 0.4) is 0 Å². The summed E-state index contributed by atoms with van der Waals surface area (Å²) in [5.41, 5.74) is 3.77. The normalized spacial score (nSPS) is 11.8. The van der Waals surface area contributed by atoms with Gasteiger partial charge in [0.25, 0.3) is 0 Å². The lowest BCUT2D eigenvalue weighted by molar-refractivity contribution is 0.247. The summed E-state index contributed by atoms with van der Waals surface area (Å²) in [6.07, 6.45) is 1.83. The Hall–Kier alpha value is -3.16. The van der Waals surface area contributed by atoms with Crippen molar-refractivity contribution < 1.29 is 4.74 Å². The minimum Gasteiger partial charge on any atom is -0.489 e. The molecule has 0 aliphatic heterocycles. The number of aromatic nitrogens is 1. The molecule has 0 amide bonds. The van der Waals surface area contributed by atoms with Gasteiger partial charge < -0.3 is 4.74 Å². The molecule has 0 aliphatic carbocycles. The van der Waals surface area contributed by atoms with Crippen molar-refractivity contribution in [3.8, 4) is 11.8 Å². The Bertz CT molecular complexity index is 918. The molecule has 1 aromatic heterocycles. The summed E-state index contributed by atoms with van der Waals surface area (Å²) in [6, 6.07) is 24.0. The first-order valence-corrected chi connectivity index (χ1v) is 8.98. The zero-order valence-electron chi connectivity index (χ0n) is 15.7. The van der Waals surface area contributed by atoms with Gasteiger partial charge in [0.05, 0.1) is 17.3 Å². The molecule has 3 aromatic rings. The minimum absolute atomic E-state index is 0.221. The molecule has 1 heterocycles. The molecule has 0 saturated heterocycles. The van der Waals surface area contributed by atoms with Crippen LogP contribution in [-0.4, -0.2) is 16.9 Å². The fourth-order valence-corrected chi connectivity index (χ4v) is 2.92. The van der Waals surface area contributed by atoms with E-state index >= 15 is 0 Å². The van der Waals surface area contributed by atoms with Crippen molar-refractivity contribution >= 4 is 0 Å². The van der Waals surface area contributed by atoms with E-state index in [1.165, 1.54) is 5.56 Å². The fraction of sp³-hybridized carbons (Fsp3) is 0.217. The van der Waals surface area contributed by atoms with E-state index in [9.17, 15) is 5.26 Å². The van der Waals surface area contributed by atoms with E-state index in [1.807, 2.05) is 60.8 Å². The average molecular weight is 357 g/mol. The first-order chi connectivity index (χ1) is 13.2. The second-order valence-electron chi connectivity index (χ2n) is 6.55. The number of rotatable bonds is 7. The molecule has 27 heavy (non-hydrogen) atoms. The van der Waals surface area contributed by atoms with E-state index < -0.39 is 0 Å². The predicted octanol–water partition coefficient (Wildman–Crippen LogP) is 4.73. The Balaban J connectivity index is 1.64. The quantitative estimate of drug-likeness (QED) is 0.614. The van der Waals surface area contributed by atoms with Crippen LogP contribution in [0.25, 0.3) is 0 Å².